The Bertz CT molecular complexity index is 755. The quantitative estimate of drug-likeness (QED) is 0.682. The normalized spacial score (nSPS) is 10.8. The third-order valence-corrected chi connectivity index (χ3v) is 2.92. The maximum Gasteiger partial charge on any atom is 0.338 e. The molecule has 21 heavy (non-hydrogen) atoms. The number of ether oxygens (including phenoxy) is 1. The van der Waals surface area contributed by atoms with Gasteiger partial charge in [-0.3, -0.25) is 0 Å². The van der Waals surface area contributed by atoms with Crippen LogP contribution < -0.4 is 0 Å². The topological polar surface area (TPSA) is 39.4 Å². The maximum absolute atomic E-state index is 13.0. The van der Waals surface area contributed by atoms with Crippen molar-refractivity contribution in [1.82, 2.24) is 0 Å². The van der Waals surface area contributed by atoms with E-state index in [9.17, 15) is 13.6 Å². The van der Waals surface area contributed by atoms with Gasteiger partial charge in [0, 0.05) is 11.5 Å². The van der Waals surface area contributed by atoms with Gasteiger partial charge < -0.3 is 9.15 Å². The summed E-state index contributed by atoms with van der Waals surface area (Å²) in [6.07, 6.45) is 0. The average molecular weight is 288 g/mol. The van der Waals surface area contributed by atoms with Crippen LogP contribution in [0.15, 0.2) is 52.9 Å². The van der Waals surface area contributed by atoms with Crippen LogP contribution in [-0.4, -0.2) is 5.97 Å². The molecule has 0 unspecified atom stereocenters. The summed E-state index contributed by atoms with van der Waals surface area (Å²) in [5.74, 6) is -2.01. The molecular weight excluding hydrogens is 278 g/mol. The summed E-state index contributed by atoms with van der Waals surface area (Å²) in [6.45, 7) is -0.106. The third kappa shape index (κ3) is 2.91. The van der Waals surface area contributed by atoms with E-state index in [2.05, 4.69) is 0 Å². The van der Waals surface area contributed by atoms with Gasteiger partial charge in [0.1, 0.15) is 29.6 Å². The van der Waals surface area contributed by atoms with Gasteiger partial charge in [-0.1, -0.05) is 18.2 Å². The van der Waals surface area contributed by atoms with Crippen molar-refractivity contribution < 1.29 is 22.7 Å². The molecule has 3 nitrogen and oxygen atoms in total. The van der Waals surface area contributed by atoms with Crippen LogP contribution in [0.3, 0.4) is 0 Å². The van der Waals surface area contributed by atoms with E-state index in [1.165, 1.54) is 0 Å². The van der Waals surface area contributed by atoms with Crippen molar-refractivity contribution in [3.63, 3.8) is 0 Å². The molecule has 3 aromatic rings. The Hall–Kier alpha value is -2.69. The van der Waals surface area contributed by atoms with Crippen LogP contribution in [0.25, 0.3) is 11.0 Å². The van der Waals surface area contributed by atoms with Gasteiger partial charge in [-0.2, -0.15) is 0 Å². The highest BCUT2D eigenvalue weighted by Crippen LogP contribution is 2.19. The number of benzene rings is 2. The molecular formula is C16H10F2O3. The van der Waals surface area contributed by atoms with E-state index in [1.807, 2.05) is 18.2 Å². The van der Waals surface area contributed by atoms with Gasteiger partial charge in [0.25, 0.3) is 0 Å². The molecule has 0 bridgehead atoms. The highest BCUT2D eigenvalue weighted by atomic mass is 19.1. The standard InChI is InChI=1S/C16H10F2O3/c17-12-5-11(6-13(18)8-12)16(19)20-9-14-7-10-3-1-2-4-15(10)21-14/h1-8H,9H2. The van der Waals surface area contributed by atoms with Crippen molar-refractivity contribution in [2.45, 2.75) is 6.61 Å². The van der Waals surface area contributed by atoms with E-state index < -0.39 is 17.6 Å². The number of rotatable bonds is 3. The average Bonchev–Trinajstić information content (AvgIpc) is 2.86. The molecule has 0 amide bonds. The van der Waals surface area contributed by atoms with Crippen molar-refractivity contribution in [2.24, 2.45) is 0 Å². The number of para-hydroxylation sites is 1. The van der Waals surface area contributed by atoms with Gasteiger partial charge in [0.2, 0.25) is 0 Å². The largest absolute Gasteiger partial charge is 0.457 e. The van der Waals surface area contributed by atoms with Crippen LogP contribution in [0.4, 0.5) is 8.78 Å². The summed E-state index contributed by atoms with van der Waals surface area (Å²) in [4.78, 5) is 11.7. The van der Waals surface area contributed by atoms with E-state index in [0.717, 1.165) is 17.5 Å². The monoisotopic (exact) mass is 288 g/mol. The number of hydrogen-bond donors (Lipinski definition) is 0. The predicted octanol–water partition coefficient (Wildman–Crippen LogP) is 4.07. The molecule has 2 aromatic carbocycles. The molecule has 0 aliphatic carbocycles. The van der Waals surface area contributed by atoms with E-state index >= 15 is 0 Å². The maximum atomic E-state index is 13.0. The van der Waals surface area contributed by atoms with Crippen LogP contribution in [-0.2, 0) is 11.3 Å². The second kappa shape index (κ2) is 5.36. The number of esters is 1. The Kier molecular flexibility index (Phi) is 3.39. The summed E-state index contributed by atoms with van der Waals surface area (Å²) in [5, 5.41) is 0.889. The summed E-state index contributed by atoms with van der Waals surface area (Å²) in [7, 11) is 0. The molecule has 0 radical (unpaired) electrons. The van der Waals surface area contributed by atoms with Crippen LogP contribution >= 0.6 is 0 Å². The zero-order valence-electron chi connectivity index (χ0n) is 10.8. The van der Waals surface area contributed by atoms with Crippen LogP contribution in [0.5, 0.6) is 0 Å². The lowest BCUT2D eigenvalue weighted by Gasteiger charge is -2.03. The third-order valence-electron chi connectivity index (χ3n) is 2.92. The highest BCUT2D eigenvalue weighted by molar-refractivity contribution is 5.89. The lowest BCUT2D eigenvalue weighted by Crippen LogP contribution is -2.05. The van der Waals surface area contributed by atoms with Gasteiger partial charge in [0.05, 0.1) is 5.56 Å². The van der Waals surface area contributed by atoms with E-state index in [0.29, 0.717) is 17.4 Å². The summed E-state index contributed by atoms with van der Waals surface area (Å²) in [5.41, 5.74) is 0.504. The minimum atomic E-state index is -0.828. The number of fused-ring (bicyclic) bond motifs is 1. The van der Waals surface area contributed by atoms with Crippen molar-refractivity contribution in [2.75, 3.05) is 0 Å². The SMILES string of the molecule is O=C(OCc1cc2ccccc2o1)c1cc(F)cc(F)c1. The molecule has 0 aliphatic rings. The Morgan fingerprint density at radius 1 is 1.05 bits per heavy atom. The van der Waals surface area contributed by atoms with Crippen LogP contribution in [0.2, 0.25) is 0 Å². The Morgan fingerprint density at radius 3 is 2.48 bits per heavy atom. The van der Waals surface area contributed by atoms with E-state index in [1.54, 1.807) is 12.1 Å². The first-order valence-corrected chi connectivity index (χ1v) is 6.22. The molecule has 1 heterocycles. The second-order valence-corrected chi connectivity index (χ2v) is 4.48. The lowest BCUT2D eigenvalue weighted by atomic mass is 10.2. The number of carbonyl (C=O) groups excluding carboxylic acids is 1. The number of carbonyl (C=O) groups is 1. The van der Waals surface area contributed by atoms with Crippen molar-refractivity contribution in [1.29, 1.82) is 0 Å². The van der Waals surface area contributed by atoms with Crippen molar-refractivity contribution in [3.8, 4) is 0 Å². The minimum Gasteiger partial charge on any atom is -0.457 e. The number of furan rings is 1. The zero-order valence-corrected chi connectivity index (χ0v) is 10.8. The molecule has 0 saturated carbocycles. The fourth-order valence-electron chi connectivity index (χ4n) is 2.00. The molecule has 0 atom stereocenters. The van der Waals surface area contributed by atoms with Gasteiger partial charge in [-0.25, -0.2) is 13.6 Å². The fraction of sp³-hybridized carbons (Fsp3) is 0.0625. The fourth-order valence-corrected chi connectivity index (χ4v) is 2.00. The molecule has 0 aliphatic heterocycles. The Balaban J connectivity index is 1.73. The summed E-state index contributed by atoms with van der Waals surface area (Å²) in [6, 6.07) is 11.6. The molecule has 0 N–H and O–H groups in total. The summed E-state index contributed by atoms with van der Waals surface area (Å²) < 4.78 is 36.5. The lowest BCUT2D eigenvalue weighted by molar-refractivity contribution is 0.0446. The molecule has 1 aromatic heterocycles. The van der Waals surface area contributed by atoms with Crippen LogP contribution in [0, 0.1) is 11.6 Å². The van der Waals surface area contributed by atoms with Crippen molar-refractivity contribution in [3.05, 3.63) is 71.5 Å². The first-order valence-electron chi connectivity index (χ1n) is 6.22. The Labute approximate surface area is 118 Å². The minimum absolute atomic E-state index is 0.106. The molecule has 0 fully saturated rings. The zero-order chi connectivity index (χ0) is 14.8. The highest BCUT2D eigenvalue weighted by Gasteiger charge is 2.12. The molecule has 0 spiro atoms. The summed E-state index contributed by atoms with van der Waals surface area (Å²) >= 11 is 0. The first-order chi connectivity index (χ1) is 10.1. The number of hydrogen-bond acceptors (Lipinski definition) is 3. The first kappa shape index (κ1) is 13.3. The predicted molar refractivity (Wildman–Crippen MR) is 71.7 cm³/mol. The molecule has 3 rings (SSSR count). The Morgan fingerprint density at radius 2 is 1.76 bits per heavy atom. The molecule has 106 valence electrons. The number of halogens is 2. The molecule has 5 heteroatoms. The van der Waals surface area contributed by atoms with Crippen LogP contribution in [0.1, 0.15) is 16.1 Å². The van der Waals surface area contributed by atoms with E-state index in [4.69, 9.17) is 9.15 Å². The van der Waals surface area contributed by atoms with E-state index in [-0.39, 0.29) is 12.2 Å². The molecule has 0 saturated heterocycles. The van der Waals surface area contributed by atoms with Crippen molar-refractivity contribution >= 4 is 16.9 Å². The second-order valence-electron chi connectivity index (χ2n) is 4.48. The smallest absolute Gasteiger partial charge is 0.338 e. The van der Waals surface area contributed by atoms with Gasteiger partial charge in [0.15, 0.2) is 0 Å². The van der Waals surface area contributed by atoms with Gasteiger partial charge in [-0.05, 0) is 24.3 Å². The van der Waals surface area contributed by atoms with Gasteiger partial charge >= 0.3 is 5.97 Å². The van der Waals surface area contributed by atoms with Gasteiger partial charge in [-0.15, -0.1) is 0 Å².